The van der Waals surface area contributed by atoms with Gasteiger partial charge in [0.2, 0.25) is 0 Å². The molecule has 0 fully saturated rings. The number of hydrogen-bond donors (Lipinski definition) is 1. The number of carbonyl (C=O) groups is 1. The summed E-state index contributed by atoms with van der Waals surface area (Å²) in [4.78, 5) is 12.3. The number of carbonyl (C=O) groups excluding carboxylic acids is 1. The molecule has 0 aliphatic rings. The van der Waals surface area contributed by atoms with Gasteiger partial charge in [-0.15, -0.1) is 0 Å². The third kappa shape index (κ3) is 4.85. The maximum atomic E-state index is 12.3. The molecule has 5 heteroatoms. The lowest BCUT2D eigenvalue weighted by Gasteiger charge is -2.12. The summed E-state index contributed by atoms with van der Waals surface area (Å²) in [6, 6.07) is 16.8. The van der Waals surface area contributed by atoms with E-state index in [0.717, 1.165) is 5.56 Å². The maximum Gasteiger partial charge on any atom is 0.262 e. The molecule has 0 saturated heterocycles. The lowest BCUT2D eigenvalue weighted by atomic mass is 10.1. The monoisotopic (exact) mass is 336 g/mol. The fourth-order valence-corrected chi connectivity index (χ4v) is 2.28. The lowest BCUT2D eigenvalue weighted by molar-refractivity contribution is -0.117. The second-order valence-electron chi connectivity index (χ2n) is 5.15. The van der Waals surface area contributed by atoms with Crippen molar-refractivity contribution in [1.82, 2.24) is 5.32 Å². The predicted molar refractivity (Wildman–Crippen MR) is 96.0 cm³/mol. The normalized spacial score (nSPS) is 10.7. The molecule has 0 unspecified atom stereocenters. The number of benzene rings is 2. The van der Waals surface area contributed by atoms with Gasteiger partial charge in [-0.3, -0.25) is 4.79 Å². The van der Waals surface area contributed by atoms with E-state index in [1.165, 1.54) is 6.08 Å². The van der Waals surface area contributed by atoms with E-state index in [0.29, 0.717) is 30.2 Å². The van der Waals surface area contributed by atoms with Crippen LogP contribution in [-0.2, 0) is 11.3 Å². The van der Waals surface area contributed by atoms with Crippen LogP contribution >= 0.6 is 0 Å². The summed E-state index contributed by atoms with van der Waals surface area (Å²) in [7, 11) is 1.54. The topological polar surface area (TPSA) is 71.3 Å². The molecule has 2 aromatic carbocycles. The minimum Gasteiger partial charge on any atom is -0.493 e. The number of hydrogen-bond acceptors (Lipinski definition) is 4. The van der Waals surface area contributed by atoms with Gasteiger partial charge in [0.1, 0.15) is 11.6 Å². The molecule has 0 radical (unpaired) electrons. The first-order valence-electron chi connectivity index (χ1n) is 7.93. The largest absolute Gasteiger partial charge is 0.493 e. The molecule has 1 N–H and O–H groups in total. The average molecular weight is 336 g/mol. The highest BCUT2D eigenvalue weighted by Gasteiger charge is 2.13. The predicted octanol–water partition coefficient (Wildman–Crippen LogP) is 3.32. The molecule has 1 amide bonds. The van der Waals surface area contributed by atoms with Crippen LogP contribution < -0.4 is 14.8 Å². The Labute approximate surface area is 147 Å². The third-order valence-corrected chi connectivity index (χ3v) is 3.48. The van der Waals surface area contributed by atoms with E-state index in [4.69, 9.17) is 9.47 Å². The number of methoxy groups -OCH3 is 1. The molecule has 0 bridgehead atoms. The molecule has 5 nitrogen and oxygen atoms in total. The van der Waals surface area contributed by atoms with Gasteiger partial charge in [-0.25, -0.2) is 0 Å². The first kappa shape index (κ1) is 18.1. The molecule has 0 spiro atoms. The van der Waals surface area contributed by atoms with Crippen molar-refractivity contribution < 1.29 is 14.3 Å². The van der Waals surface area contributed by atoms with Crippen molar-refractivity contribution in [2.24, 2.45) is 0 Å². The Morgan fingerprint density at radius 2 is 1.96 bits per heavy atom. The van der Waals surface area contributed by atoms with E-state index in [1.54, 1.807) is 25.3 Å². The summed E-state index contributed by atoms with van der Waals surface area (Å²) < 4.78 is 10.9. The molecule has 128 valence electrons. The van der Waals surface area contributed by atoms with E-state index >= 15 is 0 Å². The zero-order valence-electron chi connectivity index (χ0n) is 14.3. The number of amides is 1. The van der Waals surface area contributed by atoms with E-state index in [9.17, 15) is 10.1 Å². The fourth-order valence-electron chi connectivity index (χ4n) is 2.28. The van der Waals surface area contributed by atoms with Crippen LogP contribution in [-0.4, -0.2) is 19.6 Å². The minimum absolute atomic E-state index is 0.00476. The number of ether oxygens (including phenoxy) is 2. The smallest absolute Gasteiger partial charge is 0.262 e. The zero-order valence-corrected chi connectivity index (χ0v) is 14.3. The van der Waals surface area contributed by atoms with Gasteiger partial charge in [0, 0.05) is 12.1 Å². The first-order chi connectivity index (χ1) is 12.2. The average Bonchev–Trinajstić information content (AvgIpc) is 2.66. The van der Waals surface area contributed by atoms with Crippen LogP contribution in [0.4, 0.5) is 0 Å². The quantitative estimate of drug-likeness (QED) is 0.622. The molecule has 0 saturated carbocycles. The zero-order chi connectivity index (χ0) is 18.1. The van der Waals surface area contributed by atoms with E-state index in [2.05, 4.69) is 5.32 Å². The molecule has 25 heavy (non-hydrogen) atoms. The Bertz CT molecular complexity index is 792. The Balaban J connectivity index is 2.22. The number of nitriles is 1. The number of para-hydroxylation sites is 1. The van der Waals surface area contributed by atoms with Gasteiger partial charge in [-0.1, -0.05) is 42.5 Å². The molecular weight excluding hydrogens is 316 g/mol. The maximum absolute atomic E-state index is 12.3. The van der Waals surface area contributed by atoms with Gasteiger partial charge in [0.15, 0.2) is 11.5 Å². The Hall–Kier alpha value is -3.26. The summed E-state index contributed by atoms with van der Waals surface area (Å²) in [6.07, 6.45) is 1.51. The van der Waals surface area contributed by atoms with Crippen LogP contribution in [0.5, 0.6) is 11.5 Å². The van der Waals surface area contributed by atoms with Gasteiger partial charge >= 0.3 is 0 Å². The van der Waals surface area contributed by atoms with Crippen molar-refractivity contribution in [2.45, 2.75) is 13.5 Å². The van der Waals surface area contributed by atoms with Gasteiger partial charge in [0.25, 0.3) is 5.91 Å². The molecule has 2 aromatic rings. The van der Waals surface area contributed by atoms with Crippen molar-refractivity contribution in [3.8, 4) is 17.6 Å². The molecule has 0 aliphatic heterocycles. The summed E-state index contributed by atoms with van der Waals surface area (Å²) in [5, 5.41) is 12.1. The van der Waals surface area contributed by atoms with E-state index in [1.807, 2.05) is 43.3 Å². The summed E-state index contributed by atoms with van der Waals surface area (Å²) in [5.41, 5.74) is 1.59. The lowest BCUT2D eigenvalue weighted by Crippen LogP contribution is -2.23. The first-order valence-corrected chi connectivity index (χ1v) is 7.93. The molecule has 0 atom stereocenters. The standard InChI is InChI=1S/C20H20N2O3/c1-3-25-19-16(10-7-11-18(19)24-2)12-17(13-21)20(23)22-14-15-8-5-4-6-9-15/h4-12H,3,14H2,1-2H3,(H,22,23)/b17-12-. The number of rotatable bonds is 7. The van der Waals surface area contributed by atoms with Crippen molar-refractivity contribution in [1.29, 1.82) is 5.26 Å². The van der Waals surface area contributed by atoms with Crippen molar-refractivity contribution in [2.75, 3.05) is 13.7 Å². The molecule has 2 rings (SSSR count). The van der Waals surface area contributed by atoms with Crippen molar-refractivity contribution >= 4 is 12.0 Å². The minimum atomic E-state index is -0.434. The van der Waals surface area contributed by atoms with Gasteiger partial charge in [0.05, 0.1) is 13.7 Å². The molecule has 0 heterocycles. The van der Waals surface area contributed by atoms with Crippen molar-refractivity contribution in [3.05, 3.63) is 65.2 Å². The van der Waals surface area contributed by atoms with Crippen LogP contribution in [0.15, 0.2) is 54.1 Å². The SMILES string of the molecule is CCOc1c(/C=C(/C#N)C(=O)NCc2ccccc2)cccc1OC. The van der Waals surface area contributed by atoms with Crippen LogP contribution in [0.2, 0.25) is 0 Å². The second kappa shape index (κ2) is 9.14. The van der Waals surface area contributed by atoms with Crippen LogP contribution in [0.1, 0.15) is 18.1 Å². The Kier molecular flexibility index (Phi) is 6.61. The highest BCUT2D eigenvalue weighted by Crippen LogP contribution is 2.32. The molecule has 0 aliphatic carbocycles. The van der Waals surface area contributed by atoms with Gasteiger partial charge < -0.3 is 14.8 Å². The van der Waals surface area contributed by atoms with Gasteiger partial charge in [-0.05, 0) is 24.6 Å². The van der Waals surface area contributed by atoms with Crippen LogP contribution in [0.25, 0.3) is 6.08 Å². The van der Waals surface area contributed by atoms with Crippen LogP contribution in [0, 0.1) is 11.3 Å². The van der Waals surface area contributed by atoms with Crippen LogP contribution in [0.3, 0.4) is 0 Å². The van der Waals surface area contributed by atoms with Gasteiger partial charge in [-0.2, -0.15) is 5.26 Å². The Morgan fingerprint density at radius 1 is 1.20 bits per heavy atom. The van der Waals surface area contributed by atoms with E-state index in [-0.39, 0.29) is 5.57 Å². The highest BCUT2D eigenvalue weighted by atomic mass is 16.5. The fraction of sp³-hybridized carbons (Fsp3) is 0.200. The molecular formula is C20H20N2O3. The summed E-state index contributed by atoms with van der Waals surface area (Å²) >= 11 is 0. The Morgan fingerprint density at radius 3 is 2.60 bits per heavy atom. The summed E-state index contributed by atoms with van der Waals surface area (Å²) in [5.74, 6) is 0.630. The number of nitrogens with one attached hydrogen (secondary N) is 1. The summed E-state index contributed by atoms with van der Waals surface area (Å²) in [6.45, 7) is 2.66. The molecule has 0 aromatic heterocycles. The third-order valence-electron chi connectivity index (χ3n) is 3.48. The second-order valence-corrected chi connectivity index (χ2v) is 5.15. The van der Waals surface area contributed by atoms with Crippen molar-refractivity contribution in [3.63, 3.8) is 0 Å². The number of nitrogens with zero attached hydrogens (tertiary/aromatic N) is 1. The van der Waals surface area contributed by atoms with E-state index < -0.39 is 5.91 Å². The highest BCUT2D eigenvalue weighted by molar-refractivity contribution is 6.02.